The van der Waals surface area contributed by atoms with Gasteiger partial charge in [-0.2, -0.15) is 0 Å². The van der Waals surface area contributed by atoms with Crippen molar-refractivity contribution in [1.82, 2.24) is 10.3 Å². The van der Waals surface area contributed by atoms with Crippen molar-refractivity contribution < 1.29 is 61.3 Å². The normalized spacial score (nSPS) is 27.7. The van der Waals surface area contributed by atoms with Crippen LogP contribution >= 0.6 is 0 Å². The third kappa shape index (κ3) is 10.5. The minimum atomic E-state index is -4.83. The third-order valence-electron chi connectivity index (χ3n) is 10.9. The molecule has 2 amide bonds. The van der Waals surface area contributed by atoms with Crippen molar-refractivity contribution in [3.05, 3.63) is 63.5 Å². The predicted molar refractivity (Wildman–Crippen MR) is 202 cm³/mol. The maximum absolute atomic E-state index is 14.0. The van der Waals surface area contributed by atoms with E-state index in [4.69, 9.17) is 14.5 Å². The van der Waals surface area contributed by atoms with E-state index in [0.717, 1.165) is 37.8 Å². The van der Waals surface area contributed by atoms with Gasteiger partial charge in [-0.3, -0.25) is 9.59 Å². The van der Waals surface area contributed by atoms with Gasteiger partial charge in [-0.25, -0.2) is 28.0 Å². The van der Waals surface area contributed by atoms with Crippen LogP contribution in [0.4, 0.5) is 5.82 Å². The molecule has 2 heterocycles. The van der Waals surface area contributed by atoms with Gasteiger partial charge in [-0.15, -0.1) is 0 Å². The topological polar surface area (TPSA) is 187 Å². The van der Waals surface area contributed by atoms with E-state index in [1.54, 1.807) is 13.0 Å². The molecule has 1 aromatic carbocycles. The molecule has 1 aromatic heterocycles. The van der Waals surface area contributed by atoms with Gasteiger partial charge in [0, 0.05) is 25.0 Å². The van der Waals surface area contributed by atoms with E-state index < -0.39 is 26.9 Å². The molecule has 2 fully saturated rings. The second kappa shape index (κ2) is 18.2. The molecule has 2 N–H and O–H groups in total. The minimum Gasteiger partial charge on any atom is -0.744 e. The number of ether oxygens (including phenoxy) is 1. The summed E-state index contributed by atoms with van der Waals surface area (Å²) < 4.78 is 41.1. The number of nitrogens with one attached hydrogen (secondary N) is 2. The first kappa shape index (κ1) is 44.2. The SMILES string of the molecule is CC(=O)Nc1[n-]c(/C=C2\N=C(NC(=O)c3cccc(S(=O)(=O)[O-])c3)C(C(=O)OC3C(C)CC(C)CC3C)=C2C)c(C)c1COOC1C(C)CC(C)CC1C.[Zn]. The average Bonchev–Trinajstić information content (AvgIpc) is 3.52. The van der Waals surface area contributed by atoms with Gasteiger partial charge >= 0.3 is 5.97 Å². The molecule has 15 heteroatoms. The van der Waals surface area contributed by atoms with Crippen molar-refractivity contribution in [3.8, 4) is 0 Å². The summed E-state index contributed by atoms with van der Waals surface area (Å²) >= 11 is 0. The fourth-order valence-corrected chi connectivity index (χ4v) is 9.02. The zero-order valence-electron chi connectivity index (χ0n) is 33.2. The molecule has 0 radical (unpaired) electrons. The Morgan fingerprint density at radius 2 is 1.51 bits per heavy atom. The van der Waals surface area contributed by atoms with E-state index >= 15 is 0 Å². The standard InChI is InChI=1S/C40H54N4O9S.Zn/c1-20-13-22(3)35(23(4)14-20)52-40(47)34-27(8)33(43-38(34)44-39(46)29-11-10-12-30(17-29)54(48,49)50)18-32-26(7)31(37(42-32)41-28(9)45)19-51-53-36-24(5)15-21(2)16-25(36)6;/h10-12,17-18,20-25,35-36H,13-16,19H2,1-9H3,(H4,41,42,43,44,45,46,47,48,49,50);/p-2. The number of rotatable bonds is 10. The number of carbonyl (C=O) groups excluding carboxylic acids is 3. The quantitative estimate of drug-likeness (QED) is 0.0887. The average molecular weight is 830 g/mol. The van der Waals surface area contributed by atoms with Gasteiger partial charge < -0.3 is 24.9 Å². The predicted octanol–water partition coefficient (Wildman–Crippen LogP) is 6.44. The molecule has 0 saturated heterocycles. The maximum Gasteiger partial charge on any atom is 0.342 e. The van der Waals surface area contributed by atoms with Crippen molar-refractivity contribution in [1.29, 1.82) is 0 Å². The van der Waals surface area contributed by atoms with Gasteiger partial charge in [0.1, 0.15) is 40.1 Å². The molecular formula is C40H52N4O9SZn-2. The van der Waals surface area contributed by atoms with Crippen LogP contribution in [0.2, 0.25) is 0 Å². The molecule has 296 valence electrons. The van der Waals surface area contributed by atoms with Gasteiger partial charge in [0.2, 0.25) is 0 Å². The molecular weight excluding hydrogens is 778 g/mol. The second-order valence-corrected chi connectivity index (χ2v) is 17.2. The van der Waals surface area contributed by atoms with Crippen LogP contribution < -0.4 is 15.6 Å². The summed E-state index contributed by atoms with van der Waals surface area (Å²) in [6.07, 6.45) is 5.11. The summed E-state index contributed by atoms with van der Waals surface area (Å²) in [5, 5.41) is 5.42. The van der Waals surface area contributed by atoms with E-state index in [9.17, 15) is 27.4 Å². The van der Waals surface area contributed by atoms with E-state index in [-0.39, 0.29) is 73.0 Å². The van der Waals surface area contributed by atoms with Crippen molar-refractivity contribution >= 4 is 45.6 Å². The molecule has 4 atom stereocenters. The summed E-state index contributed by atoms with van der Waals surface area (Å²) in [6, 6.07) is 4.70. The van der Waals surface area contributed by atoms with Crippen LogP contribution in [-0.4, -0.2) is 48.8 Å². The van der Waals surface area contributed by atoms with Crippen molar-refractivity contribution in [3.63, 3.8) is 0 Å². The van der Waals surface area contributed by atoms with Crippen LogP contribution in [0.1, 0.15) is 108 Å². The number of hydrogen-bond acceptors (Lipinski definition) is 10. The second-order valence-electron chi connectivity index (χ2n) is 15.8. The maximum atomic E-state index is 14.0. The number of nitrogens with zero attached hydrogens (tertiary/aromatic N) is 2. The fraction of sp³-hybridized carbons (Fsp3) is 0.550. The summed E-state index contributed by atoms with van der Waals surface area (Å²) in [4.78, 5) is 60.2. The van der Waals surface area contributed by atoms with Crippen LogP contribution in [-0.2, 0) is 60.3 Å². The number of esters is 1. The Labute approximate surface area is 337 Å². The van der Waals surface area contributed by atoms with Crippen LogP contribution in [0.15, 0.2) is 51.0 Å². The summed E-state index contributed by atoms with van der Waals surface area (Å²) in [7, 11) is -4.83. The van der Waals surface area contributed by atoms with Crippen molar-refractivity contribution in [2.24, 2.45) is 40.5 Å². The number of aliphatic imine (C=N–C) groups is 1. The summed E-state index contributed by atoms with van der Waals surface area (Å²) in [5.41, 5.74) is 2.38. The molecule has 1 aliphatic heterocycles. The molecule has 3 aliphatic rings. The van der Waals surface area contributed by atoms with Crippen LogP contribution in [0, 0.1) is 42.4 Å². The Balaban J connectivity index is 0.00000673. The third-order valence-corrected chi connectivity index (χ3v) is 11.8. The zero-order chi connectivity index (χ0) is 39.6. The van der Waals surface area contributed by atoms with Crippen molar-refractivity contribution in [2.45, 2.75) is 112 Å². The Bertz CT molecular complexity index is 1960. The molecule has 2 aliphatic carbocycles. The van der Waals surface area contributed by atoms with Gasteiger partial charge in [0.05, 0.1) is 16.7 Å². The van der Waals surface area contributed by atoms with Gasteiger partial charge in [-0.05, 0) is 129 Å². The molecule has 4 unspecified atom stereocenters. The van der Waals surface area contributed by atoms with Crippen LogP contribution in [0.3, 0.4) is 0 Å². The molecule has 13 nitrogen and oxygen atoms in total. The number of hydrogen-bond donors (Lipinski definition) is 2. The zero-order valence-corrected chi connectivity index (χ0v) is 37.0. The Morgan fingerprint density at radius 1 is 0.927 bits per heavy atom. The summed E-state index contributed by atoms with van der Waals surface area (Å²) in [6.45, 7) is 17.8. The van der Waals surface area contributed by atoms with Gasteiger partial charge in [0.15, 0.2) is 0 Å². The molecule has 0 bridgehead atoms. The fourth-order valence-electron chi connectivity index (χ4n) is 8.51. The molecule has 5 rings (SSSR count). The first-order chi connectivity index (χ1) is 25.3. The number of aromatic nitrogens is 1. The van der Waals surface area contributed by atoms with Gasteiger partial charge in [-0.1, -0.05) is 53.4 Å². The van der Waals surface area contributed by atoms with E-state index in [1.807, 2.05) is 6.92 Å². The number of amidine groups is 1. The number of amides is 2. The van der Waals surface area contributed by atoms with Crippen molar-refractivity contribution in [2.75, 3.05) is 5.32 Å². The Kier molecular flexibility index (Phi) is 14.6. The molecule has 0 spiro atoms. The number of carbonyl (C=O) groups is 3. The smallest absolute Gasteiger partial charge is 0.342 e. The van der Waals surface area contributed by atoms with E-state index in [1.165, 1.54) is 19.1 Å². The molecule has 55 heavy (non-hydrogen) atoms. The Morgan fingerprint density at radius 3 is 2.07 bits per heavy atom. The van der Waals surface area contributed by atoms with E-state index in [2.05, 4.69) is 62.2 Å². The Hall–Kier alpha value is -3.49. The first-order valence-electron chi connectivity index (χ1n) is 18.7. The minimum absolute atomic E-state index is 0. The molecule has 2 saturated carbocycles. The monoisotopic (exact) mass is 828 g/mol. The number of anilines is 1. The summed E-state index contributed by atoms with van der Waals surface area (Å²) in [5.74, 6) is 0.398. The van der Waals surface area contributed by atoms with Crippen LogP contribution in [0.5, 0.6) is 0 Å². The first-order valence-corrected chi connectivity index (χ1v) is 20.1. The van der Waals surface area contributed by atoms with E-state index in [0.29, 0.717) is 57.6 Å². The largest absolute Gasteiger partial charge is 0.744 e. The van der Waals surface area contributed by atoms with Gasteiger partial charge in [0.25, 0.3) is 5.91 Å². The number of benzene rings is 1. The molecule has 2 aromatic rings. The number of allylic oxidation sites excluding steroid dienone is 1. The van der Waals surface area contributed by atoms with Crippen LogP contribution in [0.25, 0.3) is 6.08 Å².